The number of nitrogens with zero attached hydrogens (tertiary/aromatic N) is 1. The molecule has 25 heavy (non-hydrogen) atoms. The SMILES string of the molecule is N#Cc1ccc(C(O)P2(=O)Oc3ccccc3-c3ccccc32)cc1. The fourth-order valence-electron chi connectivity index (χ4n) is 3.04. The fourth-order valence-corrected chi connectivity index (χ4v) is 5.35. The molecule has 0 spiro atoms. The molecule has 0 radical (unpaired) electrons. The lowest BCUT2D eigenvalue weighted by atomic mass is 10.0. The topological polar surface area (TPSA) is 70.3 Å². The summed E-state index contributed by atoms with van der Waals surface area (Å²) in [5.74, 6) is -0.813. The molecule has 4 nitrogen and oxygen atoms in total. The van der Waals surface area contributed by atoms with Gasteiger partial charge in [0.2, 0.25) is 0 Å². The smallest absolute Gasteiger partial charge is 0.310 e. The molecule has 0 bridgehead atoms. The molecule has 1 N–H and O–H groups in total. The summed E-state index contributed by atoms with van der Waals surface area (Å²) >= 11 is 0. The van der Waals surface area contributed by atoms with Gasteiger partial charge in [0.1, 0.15) is 5.75 Å². The Morgan fingerprint density at radius 2 is 1.56 bits per heavy atom. The van der Waals surface area contributed by atoms with E-state index in [4.69, 9.17) is 9.79 Å². The second-order valence-corrected chi connectivity index (χ2v) is 8.16. The van der Waals surface area contributed by atoms with Crippen LogP contribution in [-0.2, 0) is 4.57 Å². The van der Waals surface area contributed by atoms with Crippen LogP contribution in [0.5, 0.6) is 5.75 Å². The molecule has 1 heterocycles. The van der Waals surface area contributed by atoms with Crippen molar-refractivity contribution in [2.45, 2.75) is 5.85 Å². The van der Waals surface area contributed by atoms with Crippen LogP contribution in [0.15, 0.2) is 72.8 Å². The second-order valence-electron chi connectivity index (χ2n) is 5.81. The van der Waals surface area contributed by atoms with Crippen molar-refractivity contribution in [2.75, 3.05) is 0 Å². The van der Waals surface area contributed by atoms with E-state index in [1.165, 1.54) is 0 Å². The maximum absolute atomic E-state index is 13.7. The van der Waals surface area contributed by atoms with Crippen LogP contribution in [0.4, 0.5) is 0 Å². The molecule has 0 aliphatic carbocycles. The molecule has 4 rings (SSSR count). The van der Waals surface area contributed by atoms with Crippen molar-refractivity contribution in [3.05, 3.63) is 83.9 Å². The number of fused-ring (bicyclic) bond motifs is 3. The quantitative estimate of drug-likeness (QED) is 0.705. The van der Waals surface area contributed by atoms with Gasteiger partial charge in [0.15, 0.2) is 5.85 Å². The third-order valence-corrected chi connectivity index (χ3v) is 6.78. The Labute approximate surface area is 145 Å². The van der Waals surface area contributed by atoms with Gasteiger partial charge in [-0.15, -0.1) is 0 Å². The third kappa shape index (κ3) is 2.46. The minimum Gasteiger partial charge on any atom is -0.437 e. The summed E-state index contributed by atoms with van der Waals surface area (Å²) < 4.78 is 19.6. The third-order valence-electron chi connectivity index (χ3n) is 4.31. The van der Waals surface area contributed by atoms with Crippen molar-refractivity contribution in [3.63, 3.8) is 0 Å². The molecular formula is C20H14NO3P. The van der Waals surface area contributed by atoms with E-state index in [1.807, 2.05) is 36.4 Å². The van der Waals surface area contributed by atoms with E-state index in [-0.39, 0.29) is 0 Å². The van der Waals surface area contributed by atoms with Crippen LogP contribution < -0.4 is 9.83 Å². The summed E-state index contributed by atoms with van der Waals surface area (Å²) in [7, 11) is -3.60. The molecule has 0 fully saturated rings. The molecule has 0 saturated heterocycles. The van der Waals surface area contributed by atoms with E-state index < -0.39 is 13.2 Å². The summed E-state index contributed by atoms with van der Waals surface area (Å²) in [4.78, 5) is 0. The monoisotopic (exact) mass is 347 g/mol. The molecule has 0 saturated carbocycles. The zero-order chi connectivity index (χ0) is 17.4. The van der Waals surface area contributed by atoms with Crippen LogP contribution in [-0.4, -0.2) is 5.11 Å². The number of rotatable bonds is 2. The molecule has 0 amide bonds. The molecule has 1 aliphatic rings. The van der Waals surface area contributed by atoms with Gasteiger partial charge < -0.3 is 9.63 Å². The standard InChI is InChI=1S/C20H14NO3P/c21-13-14-9-11-15(12-10-14)20(22)25(23)19-8-4-2-6-17(19)16-5-1-3-7-18(16)24-25/h1-12,20,22H. The van der Waals surface area contributed by atoms with Crippen LogP contribution in [0.1, 0.15) is 17.0 Å². The number of aliphatic hydroxyl groups is 1. The number of nitriles is 1. The average Bonchev–Trinajstić information content (AvgIpc) is 2.68. The van der Waals surface area contributed by atoms with Crippen molar-refractivity contribution in [2.24, 2.45) is 0 Å². The lowest BCUT2D eigenvalue weighted by molar-refractivity contribution is 0.240. The van der Waals surface area contributed by atoms with Crippen LogP contribution in [0.3, 0.4) is 0 Å². The first kappa shape index (κ1) is 15.7. The Bertz CT molecular complexity index is 1040. The Balaban J connectivity index is 1.86. The number of para-hydroxylation sites is 1. The van der Waals surface area contributed by atoms with Gasteiger partial charge in [-0.1, -0.05) is 48.5 Å². The zero-order valence-electron chi connectivity index (χ0n) is 13.2. The zero-order valence-corrected chi connectivity index (χ0v) is 14.1. The summed E-state index contributed by atoms with van der Waals surface area (Å²) in [5, 5.41) is 20.3. The molecule has 5 heteroatoms. The first-order valence-electron chi connectivity index (χ1n) is 7.80. The van der Waals surface area contributed by atoms with Crippen molar-refractivity contribution < 1.29 is 14.2 Å². The summed E-state index contributed by atoms with van der Waals surface area (Å²) in [6.45, 7) is 0. The minimum atomic E-state index is -3.60. The van der Waals surface area contributed by atoms with Crippen LogP contribution in [0.2, 0.25) is 0 Å². The van der Waals surface area contributed by atoms with Gasteiger partial charge in [-0.05, 0) is 35.4 Å². The lowest BCUT2D eigenvalue weighted by Gasteiger charge is -2.31. The van der Waals surface area contributed by atoms with E-state index in [9.17, 15) is 9.67 Å². The van der Waals surface area contributed by atoms with E-state index >= 15 is 0 Å². The predicted molar refractivity (Wildman–Crippen MR) is 95.9 cm³/mol. The second kappa shape index (κ2) is 5.89. The summed E-state index contributed by atoms with van der Waals surface area (Å²) in [6.07, 6.45) is 0. The molecule has 2 unspecified atom stereocenters. The lowest BCUT2D eigenvalue weighted by Crippen LogP contribution is -2.22. The Morgan fingerprint density at radius 3 is 2.28 bits per heavy atom. The molecule has 3 aromatic rings. The number of benzene rings is 3. The van der Waals surface area contributed by atoms with Gasteiger partial charge in [-0.3, -0.25) is 4.57 Å². The molecule has 122 valence electrons. The van der Waals surface area contributed by atoms with E-state index in [2.05, 4.69) is 0 Å². The number of hydrogen-bond donors (Lipinski definition) is 1. The van der Waals surface area contributed by atoms with Crippen molar-refractivity contribution in [3.8, 4) is 22.9 Å². The Morgan fingerprint density at radius 1 is 0.920 bits per heavy atom. The van der Waals surface area contributed by atoms with Gasteiger partial charge in [0.05, 0.1) is 16.9 Å². The van der Waals surface area contributed by atoms with Crippen LogP contribution in [0, 0.1) is 11.3 Å². The van der Waals surface area contributed by atoms with E-state index in [1.54, 1.807) is 42.5 Å². The Hall–Kier alpha value is -2.86. The first-order valence-corrected chi connectivity index (χ1v) is 9.49. The van der Waals surface area contributed by atoms with Gasteiger partial charge in [-0.2, -0.15) is 5.26 Å². The minimum absolute atomic E-state index is 0.455. The summed E-state index contributed by atoms with van der Waals surface area (Å²) in [5.41, 5.74) is 2.60. The normalized spacial score (nSPS) is 19.0. The average molecular weight is 347 g/mol. The molecule has 1 aliphatic heterocycles. The number of hydrogen-bond acceptors (Lipinski definition) is 4. The molecular weight excluding hydrogens is 333 g/mol. The van der Waals surface area contributed by atoms with Gasteiger partial charge in [0, 0.05) is 5.56 Å². The van der Waals surface area contributed by atoms with Crippen molar-refractivity contribution in [1.29, 1.82) is 5.26 Å². The fraction of sp³-hybridized carbons (Fsp3) is 0.0500. The Kier molecular flexibility index (Phi) is 3.69. The molecule has 2 atom stereocenters. The van der Waals surface area contributed by atoms with E-state index in [0.717, 1.165) is 11.1 Å². The maximum Gasteiger partial charge on any atom is 0.310 e. The summed E-state index contributed by atoms with van der Waals surface area (Å²) in [6, 6.07) is 23.1. The van der Waals surface area contributed by atoms with Gasteiger partial charge >= 0.3 is 7.37 Å². The van der Waals surface area contributed by atoms with E-state index in [0.29, 0.717) is 22.2 Å². The first-order chi connectivity index (χ1) is 12.1. The molecule has 3 aromatic carbocycles. The van der Waals surface area contributed by atoms with Gasteiger partial charge in [-0.25, -0.2) is 0 Å². The molecule has 0 aromatic heterocycles. The van der Waals surface area contributed by atoms with Crippen molar-refractivity contribution >= 4 is 12.7 Å². The number of aliphatic hydroxyl groups excluding tert-OH is 1. The van der Waals surface area contributed by atoms with Crippen molar-refractivity contribution in [1.82, 2.24) is 0 Å². The highest BCUT2D eigenvalue weighted by atomic mass is 31.2. The van der Waals surface area contributed by atoms with Crippen LogP contribution in [0.25, 0.3) is 11.1 Å². The highest BCUT2D eigenvalue weighted by Gasteiger charge is 2.42. The maximum atomic E-state index is 13.7. The highest BCUT2D eigenvalue weighted by Crippen LogP contribution is 2.62. The highest BCUT2D eigenvalue weighted by molar-refractivity contribution is 7.68. The predicted octanol–water partition coefficient (Wildman–Crippen LogP) is 4.21. The van der Waals surface area contributed by atoms with Crippen LogP contribution >= 0.6 is 7.37 Å². The largest absolute Gasteiger partial charge is 0.437 e. The van der Waals surface area contributed by atoms with Gasteiger partial charge in [0.25, 0.3) is 0 Å².